The van der Waals surface area contributed by atoms with Crippen LogP contribution in [0.5, 0.6) is 0 Å². The summed E-state index contributed by atoms with van der Waals surface area (Å²) in [5.41, 5.74) is 1.34. The largest absolute Gasteiger partial charge is 0.353 e. The molecule has 2 aromatic rings. The summed E-state index contributed by atoms with van der Waals surface area (Å²) < 4.78 is 1.61. The molecule has 2 aliphatic heterocycles. The van der Waals surface area contributed by atoms with Crippen LogP contribution >= 0.6 is 0 Å². The van der Waals surface area contributed by atoms with Gasteiger partial charge in [0.2, 0.25) is 12.3 Å². The molecule has 2 aromatic heterocycles. The van der Waals surface area contributed by atoms with Gasteiger partial charge in [0.1, 0.15) is 6.33 Å². The molecule has 4 rings (SSSR count). The predicted octanol–water partition coefficient (Wildman–Crippen LogP) is -1.50. The van der Waals surface area contributed by atoms with Crippen LogP contribution < -0.4 is 4.90 Å². The summed E-state index contributed by atoms with van der Waals surface area (Å²) in [6.45, 7) is 3.67. The Hall–Kier alpha value is -2.78. The van der Waals surface area contributed by atoms with E-state index in [4.69, 9.17) is 0 Å². The fourth-order valence-electron chi connectivity index (χ4n) is 3.19. The van der Waals surface area contributed by atoms with E-state index in [-0.39, 0.29) is 11.8 Å². The first-order valence-electron chi connectivity index (χ1n) is 7.91. The van der Waals surface area contributed by atoms with Gasteiger partial charge in [0.05, 0.1) is 5.92 Å². The van der Waals surface area contributed by atoms with Gasteiger partial charge in [-0.2, -0.15) is 0 Å². The Morgan fingerprint density at radius 3 is 2.67 bits per heavy atom. The molecule has 0 radical (unpaired) electrons. The third kappa shape index (κ3) is 2.34. The van der Waals surface area contributed by atoms with E-state index in [1.54, 1.807) is 16.6 Å². The molecule has 2 aliphatic rings. The maximum Gasteiger partial charge on any atom is 0.229 e. The van der Waals surface area contributed by atoms with Crippen molar-refractivity contribution in [3.8, 4) is 0 Å². The first-order chi connectivity index (χ1) is 11.7. The van der Waals surface area contributed by atoms with Crippen LogP contribution in [0.4, 0.5) is 5.82 Å². The molecule has 4 heterocycles. The number of carbonyl (C=O) groups excluding carboxylic acids is 2. The Morgan fingerprint density at radius 2 is 1.96 bits per heavy atom. The van der Waals surface area contributed by atoms with Gasteiger partial charge >= 0.3 is 0 Å². The van der Waals surface area contributed by atoms with Crippen molar-refractivity contribution in [2.75, 3.05) is 44.2 Å². The Labute approximate surface area is 138 Å². The summed E-state index contributed by atoms with van der Waals surface area (Å²) in [6, 6.07) is 0. The molecule has 0 spiro atoms. The number of rotatable bonds is 3. The molecular weight excluding hydrogens is 312 g/mol. The molecule has 24 heavy (non-hydrogen) atoms. The minimum atomic E-state index is -0.0329. The second-order valence-electron chi connectivity index (χ2n) is 6.15. The zero-order chi connectivity index (χ0) is 16.7. The summed E-state index contributed by atoms with van der Waals surface area (Å²) in [4.78, 5) is 37.3. The van der Waals surface area contributed by atoms with Crippen molar-refractivity contribution in [2.45, 2.75) is 0 Å². The standard InChI is InChI=1S/C14H18N8O2/c1-19-12-11(17-18-19)13(16-8-15-12)22-6-10(7-22)14(24)21-4-2-20(9-23)3-5-21/h8-10H,2-7H2,1H3. The number of fused-ring (bicyclic) bond motifs is 1. The van der Waals surface area contributed by atoms with Crippen LogP contribution in [0, 0.1) is 5.92 Å². The Morgan fingerprint density at radius 1 is 1.21 bits per heavy atom. The fraction of sp³-hybridized carbons (Fsp3) is 0.571. The van der Waals surface area contributed by atoms with Gasteiger partial charge < -0.3 is 14.7 Å². The zero-order valence-electron chi connectivity index (χ0n) is 13.4. The van der Waals surface area contributed by atoms with Crippen LogP contribution in [0.1, 0.15) is 0 Å². The van der Waals surface area contributed by atoms with Crippen molar-refractivity contribution in [3.63, 3.8) is 0 Å². The lowest BCUT2D eigenvalue weighted by Crippen LogP contribution is -2.58. The van der Waals surface area contributed by atoms with E-state index in [0.717, 1.165) is 12.2 Å². The van der Waals surface area contributed by atoms with E-state index >= 15 is 0 Å². The lowest BCUT2D eigenvalue weighted by atomic mass is 9.98. The van der Waals surface area contributed by atoms with E-state index < -0.39 is 0 Å². The van der Waals surface area contributed by atoms with E-state index in [2.05, 4.69) is 20.3 Å². The van der Waals surface area contributed by atoms with Crippen molar-refractivity contribution >= 4 is 29.3 Å². The Bertz CT molecular complexity index is 776. The molecule has 2 saturated heterocycles. The molecule has 0 saturated carbocycles. The Balaban J connectivity index is 1.41. The summed E-state index contributed by atoms with van der Waals surface area (Å²) in [6.07, 6.45) is 2.34. The average molecular weight is 330 g/mol. The van der Waals surface area contributed by atoms with Crippen LogP contribution in [0.15, 0.2) is 6.33 Å². The van der Waals surface area contributed by atoms with Crippen LogP contribution in [0.3, 0.4) is 0 Å². The van der Waals surface area contributed by atoms with E-state index in [9.17, 15) is 9.59 Å². The van der Waals surface area contributed by atoms with Gasteiger partial charge in [-0.3, -0.25) is 9.59 Å². The van der Waals surface area contributed by atoms with E-state index in [0.29, 0.717) is 50.4 Å². The van der Waals surface area contributed by atoms with Crippen molar-refractivity contribution in [1.82, 2.24) is 34.8 Å². The molecule has 2 amide bonds. The van der Waals surface area contributed by atoms with Crippen LogP contribution in [0.25, 0.3) is 11.2 Å². The van der Waals surface area contributed by atoms with Gasteiger partial charge in [-0.15, -0.1) is 5.10 Å². The minimum Gasteiger partial charge on any atom is -0.353 e. The van der Waals surface area contributed by atoms with Crippen molar-refractivity contribution in [2.24, 2.45) is 13.0 Å². The van der Waals surface area contributed by atoms with Crippen molar-refractivity contribution in [1.29, 1.82) is 0 Å². The smallest absolute Gasteiger partial charge is 0.229 e. The molecule has 0 aliphatic carbocycles. The van der Waals surface area contributed by atoms with Crippen molar-refractivity contribution in [3.05, 3.63) is 6.33 Å². The van der Waals surface area contributed by atoms with E-state index in [1.807, 2.05) is 9.80 Å². The summed E-state index contributed by atoms with van der Waals surface area (Å²) >= 11 is 0. The van der Waals surface area contributed by atoms with E-state index in [1.165, 1.54) is 6.33 Å². The number of hydrogen-bond donors (Lipinski definition) is 0. The first-order valence-corrected chi connectivity index (χ1v) is 7.91. The molecular formula is C14H18N8O2. The molecule has 10 nitrogen and oxygen atoms in total. The van der Waals surface area contributed by atoms with Gasteiger partial charge in [-0.1, -0.05) is 5.21 Å². The van der Waals surface area contributed by atoms with Gasteiger partial charge in [0.25, 0.3) is 0 Å². The number of amides is 2. The number of hydrogen-bond acceptors (Lipinski definition) is 7. The molecule has 0 bridgehead atoms. The lowest BCUT2D eigenvalue weighted by molar-refractivity contribution is -0.139. The molecule has 126 valence electrons. The maximum absolute atomic E-state index is 12.5. The molecule has 0 N–H and O–H groups in total. The SMILES string of the molecule is Cn1nnc2c(N3CC(C(=O)N4CCN(C=O)CC4)C3)ncnc21. The topological polar surface area (TPSA) is 100 Å². The van der Waals surface area contributed by atoms with Gasteiger partial charge in [0, 0.05) is 46.3 Å². The van der Waals surface area contributed by atoms with Gasteiger partial charge in [-0.05, 0) is 0 Å². The highest BCUT2D eigenvalue weighted by atomic mass is 16.2. The van der Waals surface area contributed by atoms with Gasteiger partial charge in [-0.25, -0.2) is 14.6 Å². The summed E-state index contributed by atoms with van der Waals surface area (Å²) in [5.74, 6) is 0.846. The lowest BCUT2D eigenvalue weighted by Gasteiger charge is -2.42. The Kier molecular flexibility index (Phi) is 3.51. The normalized spacial score (nSPS) is 18.8. The fourth-order valence-corrected chi connectivity index (χ4v) is 3.19. The number of nitrogens with zero attached hydrogens (tertiary/aromatic N) is 8. The highest BCUT2D eigenvalue weighted by Gasteiger charge is 2.38. The quantitative estimate of drug-likeness (QED) is 0.631. The molecule has 2 fully saturated rings. The number of aryl methyl sites for hydroxylation is 1. The number of piperazine rings is 1. The second kappa shape index (κ2) is 5.69. The number of aromatic nitrogens is 5. The van der Waals surface area contributed by atoms with Crippen LogP contribution in [-0.4, -0.2) is 86.3 Å². The molecule has 10 heteroatoms. The number of anilines is 1. The molecule has 0 unspecified atom stereocenters. The highest BCUT2D eigenvalue weighted by Crippen LogP contribution is 2.28. The minimum absolute atomic E-state index is 0.0329. The van der Waals surface area contributed by atoms with Crippen LogP contribution in [0.2, 0.25) is 0 Å². The molecule has 0 aromatic carbocycles. The average Bonchev–Trinajstić information content (AvgIpc) is 2.96. The monoisotopic (exact) mass is 330 g/mol. The predicted molar refractivity (Wildman–Crippen MR) is 84.0 cm³/mol. The number of carbonyl (C=O) groups is 2. The zero-order valence-corrected chi connectivity index (χ0v) is 13.4. The maximum atomic E-state index is 12.5. The first kappa shape index (κ1) is 14.8. The second-order valence-corrected chi connectivity index (χ2v) is 6.15. The van der Waals surface area contributed by atoms with Crippen LogP contribution in [-0.2, 0) is 16.6 Å². The summed E-state index contributed by atoms with van der Waals surface area (Å²) in [5, 5.41) is 8.08. The highest BCUT2D eigenvalue weighted by molar-refractivity contribution is 5.86. The third-order valence-corrected chi connectivity index (χ3v) is 4.67. The summed E-state index contributed by atoms with van der Waals surface area (Å²) in [7, 11) is 1.79. The third-order valence-electron chi connectivity index (χ3n) is 4.67. The van der Waals surface area contributed by atoms with Crippen molar-refractivity contribution < 1.29 is 9.59 Å². The molecule has 0 atom stereocenters. The van der Waals surface area contributed by atoms with Gasteiger partial charge in [0.15, 0.2) is 17.0 Å².